The van der Waals surface area contributed by atoms with Gasteiger partial charge in [0.1, 0.15) is 0 Å². The third-order valence-corrected chi connectivity index (χ3v) is 4.17. The molecule has 0 spiro atoms. The van der Waals surface area contributed by atoms with Crippen LogP contribution in [0.5, 0.6) is 0 Å². The molecule has 0 radical (unpaired) electrons. The number of morpholine rings is 1. The molecule has 1 aromatic carbocycles. The zero-order chi connectivity index (χ0) is 17.4. The van der Waals surface area contributed by atoms with Crippen molar-refractivity contribution in [1.29, 1.82) is 0 Å². The van der Waals surface area contributed by atoms with Crippen molar-refractivity contribution in [2.75, 3.05) is 38.2 Å². The molecule has 0 aliphatic carbocycles. The van der Waals surface area contributed by atoms with Crippen LogP contribution in [-0.4, -0.2) is 54.7 Å². The molecule has 1 aromatic rings. The van der Waals surface area contributed by atoms with Crippen molar-refractivity contribution in [1.82, 2.24) is 4.90 Å². The normalized spacial score (nSPS) is 15.2. The number of benzene rings is 1. The Morgan fingerprint density at radius 3 is 2.71 bits per heavy atom. The van der Waals surface area contributed by atoms with Gasteiger partial charge in [0, 0.05) is 26.1 Å². The van der Waals surface area contributed by atoms with Gasteiger partial charge in [-0.05, 0) is 30.5 Å². The van der Waals surface area contributed by atoms with Crippen LogP contribution in [0.15, 0.2) is 18.2 Å². The number of aryl methyl sites for hydroxylation is 1. The topological polar surface area (TPSA) is 78.9 Å². The van der Waals surface area contributed by atoms with Crippen LogP contribution < -0.4 is 5.32 Å². The molecule has 1 heterocycles. The summed E-state index contributed by atoms with van der Waals surface area (Å²) in [5, 5.41) is 12.1. The number of amides is 1. The number of nitrogens with zero attached hydrogens (tertiary/aromatic N) is 1. The number of carbonyl (C=O) groups excluding carboxylic acids is 1. The first-order chi connectivity index (χ1) is 11.6. The summed E-state index contributed by atoms with van der Waals surface area (Å²) in [7, 11) is 0. The Balaban J connectivity index is 1.94. The summed E-state index contributed by atoms with van der Waals surface area (Å²) in [4.78, 5) is 25.8. The van der Waals surface area contributed by atoms with Gasteiger partial charge in [-0.1, -0.05) is 19.4 Å². The average molecular weight is 334 g/mol. The minimum Gasteiger partial charge on any atom is -0.478 e. The van der Waals surface area contributed by atoms with Crippen LogP contribution in [0.4, 0.5) is 5.69 Å². The lowest BCUT2D eigenvalue weighted by Gasteiger charge is -2.26. The van der Waals surface area contributed by atoms with Crippen molar-refractivity contribution >= 4 is 17.6 Å². The van der Waals surface area contributed by atoms with Gasteiger partial charge in [0.25, 0.3) is 0 Å². The molecule has 0 saturated carbocycles. The first kappa shape index (κ1) is 18.4. The molecule has 0 bridgehead atoms. The first-order valence-electron chi connectivity index (χ1n) is 8.56. The largest absolute Gasteiger partial charge is 0.478 e. The van der Waals surface area contributed by atoms with Gasteiger partial charge in [-0.15, -0.1) is 0 Å². The predicted molar refractivity (Wildman–Crippen MR) is 92.5 cm³/mol. The fourth-order valence-electron chi connectivity index (χ4n) is 2.71. The third-order valence-electron chi connectivity index (χ3n) is 4.17. The summed E-state index contributed by atoms with van der Waals surface area (Å²) in [6, 6.07) is 5.25. The van der Waals surface area contributed by atoms with Gasteiger partial charge in [-0.25, -0.2) is 4.79 Å². The number of aromatic carboxylic acids is 1. The lowest BCUT2D eigenvalue weighted by atomic mass is 10.0. The van der Waals surface area contributed by atoms with E-state index in [0.29, 0.717) is 31.9 Å². The van der Waals surface area contributed by atoms with E-state index in [1.54, 1.807) is 12.1 Å². The summed E-state index contributed by atoms with van der Waals surface area (Å²) in [5.74, 6) is -1.18. The molecule has 1 aliphatic heterocycles. The zero-order valence-electron chi connectivity index (χ0n) is 14.2. The van der Waals surface area contributed by atoms with Crippen LogP contribution in [0.2, 0.25) is 0 Å². The van der Waals surface area contributed by atoms with Crippen LogP contribution in [-0.2, 0) is 16.0 Å². The predicted octanol–water partition coefficient (Wildman–Crippen LogP) is 2.39. The maximum absolute atomic E-state index is 12.1. The summed E-state index contributed by atoms with van der Waals surface area (Å²) < 4.78 is 5.28. The lowest BCUT2D eigenvalue weighted by Crippen LogP contribution is -2.38. The monoisotopic (exact) mass is 334 g/mol. The number of rotatable bonds is 8. The highest BCUT2D eigenvalue weighted by Crippen LogP contribution is 2.19. The van der Waals surface area contributed by atoms with Crippen molar-refractivity contribution in [3.8, 4) is 0 Å². The van der Waals surface area contributed by atoms with Gasteiger partial charge in [0.15, 0.2) is 0 Å². The second-order valence-corrected chi connectivity index (χ2v) is 6.04. The van der Waals surface area contributed by atoms with Crippen LogP contribution in [0.25, 0.3) is 0 Å². The molecule has 2 rings (SSSR count). The van der Waals surface area contributed by atoms with Crippen LogP contribution in [0.3, 0.4) is 0 Å². The number of carbonyl (C=O) groups is 2. The second-order valence-electron chi connectivity index (χ2n) is 6.04. The van der Waals surface area contributed by atoms with Crippen molar-refractivity contribution < 1.29 is 19.4 Å². The van der Waals surface area contributed by atoms with Crippen molar-refractivity contribution in [3.05, 3.63) is 29.3 Å². The summed E-state index contributed by atoms with van der Waals surface area (Å²) in [6.45, 7) is 5.82. The Hall–Kier alpha value is -1.92. The first-order valence-corrected chi connectivity index (χ1v) is 8.56. The molecule has 1 saturated heterocycles. The Labute approximate surface area is 142 Å². The minimum absolute atomic E-state index is 0.156. The Morgan fingerprint density at radius 2 is 2.04 bits per heavy atom. The van der Waals surface area contributed by atoms with Gasteiger partial charge in [-0.2, -0.15) is 0 Å². The number of hydrogen-bond acceptors (Lipinski definition) is 4. The molecular formula is C18H26N2O4. The molecule has 1 amide bonds. The molecule has 0 atom stereocenters. The Morgan fingerprint density at radius 1 is 1.29 bits per heavy atom. The van der Waals surface area contributed by atoms with E-state index in [2.05, 4.69) is 17.1 Å². The zero-order valence-corrected chi connectivity index (χ0v) is 14.2. The summed E-state index contributed by atoms with van der Waals surface area (Å²) in [5.41, 5.74) is 1.51. The number of unbranched alkanes of at least 4 members (excludes halogenated alkanes) is 1. The molecule has 2 N–H and O–H groups in total. The minimum atomic E-state index is -1.02. The van der Waals surface area contributed by atoms with E-state index in [4.69, 9.17) is 4.74 Å². The van der Waals surface area contributed by atoms with Crippen molar-refractivity contribution in [3.63, 3.8) is 0 Å². The highest BCUT2D eigenvalue weighted by molar-refractivity contribution is 6.00. The second kappa shape index (κ2) is 9.39. The summed E-state index contributed by atoms with van der Waals surface area (Å²) in [6.07, 6.45) is 3.27. The van der Waals surface area contributed by atoms with Gasteiger partial charge in [0.2, 0.25) is 5.91 Å². The molecule has 132 valence electrons. The number of nitrogens with one attached hydrogen (secondary N) is 1. The smallest absolute Gasteiger partial charge is 0.337 e. The van der Waals surface area contributed by atoms with E-state index < -0.39 is 5.97 Å². The number of ether oxygens (including phenoxy) is 1. The highest BCUT2D eigenvalue weighted by atomic mass is 16.5. The standard InChI is InChI=1S/C18H26N2O4/c1-2-3-4-14-5-6-16(15(13-14)18(22)23)19-17(21)7-8-20-9-11-24-12-10-20/h5-6,13H,2-4,7-12H2,1H3,(H,19,21)(H,22,23). The number of anilines is 1. The molecule has 1 aliphatic rings. The SMILES string of the molecule is CCCCc1ccc(NC(=O)CCN2CCOCC2)c(C(=O)O)c1. The molecular weight excluding hydrogens is 308 g/mol. The van der Waals surface area contributed by atoms with E-state index in [0.717, 1.165) is 37.9 Å². The van der Waals surface area contributed by atoms with Crippen LogP contribution in [0.1, 0.15) is 42.1 Å². The summed E-state index contributed by atoms with van der Waals surface area (Å²) >= 11 is 0. The molecule has 6 nitrogen and oxygen atoms in total. The molecule has 0 unspecified atom stereocenters. The molecule has 1 fully saturated rings. The third kappa shape index (κ3) is 5.62. The molecule has 24 heavy (non-hydrogen) atoms. The van der Waals surface area contributed by atoms with E-state index >= 15 is 0 Å². The van der Waals surface area contributed by atoms with Gasteiger partial charge in [0.05, 0.1) is 24.5 Å². The lowest BCUT2D eigenvalue weighted by molar-refractivity contribution is -0.116. The Kier molecular flexibility index (Phi) is 7.21. The van der Waals surface area contributed by atoms with Crippen LogP contribution in [0, 0.1) is 0 Å². The van der Waals surface area contributed by atoms with Gasteiger partial charge < -0.3 is 15.2 Å². The van der Waals surface area contributed by atoms with E-state index in [9.17, 15) is 14.7 Å². The highest BCUT2D eigenvalue weighted by Gasteiger charge is 2.15. The Bertz CT molecular complexity index is 568. The molecule has 6 heteroatoms. The number of carboxylic acids is 1. The molecule has 0 aromatic heterocycles. The fourth-order valence-corrected chi connectivity index (χ4v) is 2.71. The number of carboxylic acid groups (broad SMARTS) is 1. The van der Waals surface area contributed by atoms with Gasteiger partial charge >= 0.3 is 5.97 Å². The van der Waals surface area contributed by atoms with Crippen molar-refractivity contribution in [2.45, 2.75) is 32.6 Å². The quantitative estimate of drug-likeness (QED) is 0.763. The fraction of sp³-hybridized carbons (Fsp3) is 0.556. The van der Waals surface area contributed by atoms with E-state index in [-0.39, 0.29) is 11.5 Å². The van der Waals surface area contributed by atoms with Crippen LogP contribution >= 0.6 is 0 Å². The maximum atomic E-state index is 12.1. The van der Waals surface area contributed by atoms with E-state index in [1.165, 1.54) is 0 Å². The average Bonchev–Trinajstić information content (AvgIpc) is 2.59. The van der Waals surface area contributed by atoms with E-state index in [1.807, 2.05) is 6.07 Å². The van der Waals surface area contributed by atoms with Crippen molar-refractivity contribution in [2.24, 2.45) is 0 Å². The number of hydrogen-bond donors (Lipinski definition) is 2. The van der Waals surface area contributed by atoms with Gasteiger partial charge in [-0.3, -0.25) is 9.69 Å². The maximum Gasteiger partial charge on any atom is 0.337 e.